The minimum Gasteiger partial charge on any atom is -0.496 e. The SMILES string of the molecule is COc1ccc(CC(=O)O)cc1-c1cccc(S(C)(=O)=O)c1CNCCC(C)=O. The maximum Gasteiger partial charge on any atom is 0.307 e. The second-order valence-corrected chi connectivity index (χ2v) is 8.77. The van der Waals surface area contributed by atoms with Gasteiger partial charge in [0.05, 0.1) is 18.4 Å². The molecule has 0 fully saturated rings. The molecule has 0 aliphatic heterocycles. The molecule has 2 rings (SSSR count). The quantitative estimate of drug-likeness (QED) is 0.569. The second kappa shape index (κ2) is 9.67. The Balaban J connectivity index is 2.59. The first-order chi connectivity index (χ1) is 13.6. The number of carboxylic acids is 1. The Hall–Kier alpha value is -2.71. The maximum absolute atomic E-state index is 12.4. The smallest absolute Gasteiger partial charge is 0.307 e. The normalized spacial score (nSPS) is 11.3. The lowest BCUT2D eigenvalue weighted by Crippen LogP contribution is -2.19. The second-order valence-electron chi connectivity index (χ2n) is 6.79. The number of sulfone groups is 1. The van der Waals surface area contributed by atoms with Crippen molar-refractivity contribution in [1.82, 2.24) is 5.32 Å². The molecule has 0 bridgehead atoms. The Kier molecular flexibility index (Phi) is 7.53. The lowest BCUT2D eigenvalue weighted by molar-refractivity contribution is -0.136. The molecule has 7 nitrogen and oxygen atoms in total. The van der Waals surface area contributed by atoms with E-state index in [9.17, 15) is 18.0 Å². The number of methoxy groups -OCH3 is 1. The summed E-state index contributed by atoms with van der Waals surface area (Å²) in [5.41, 5.74) is 2.37. The molecular weight excluding hydrogens is 394 g/mol. The largest absolute Gasteiger partial charge is 0.496 e. The van der Waals surface area contributed by atoms with Crippen molar-refractivity contribution in [1.29, 1.82) is 0 Å². The van der Waals surface area contributed by atoms with Gasteiger partial charge in [0, 0.05) is 31.3 Å². The third-order valence-corrected chi connectivity index (χ3v) is 5.58. The number of aliphatic carboxylic acids is 1. The van der Waals surface area contributed by atoms with Crippen LogP contribution in [0.2, 0.25) is 0 Å². The number of ether oxygens (including phenoxy) is 1. The van der Waals surface area contributed by atoms with Crippen molar-refractivity contribution in [3.63, 3.8) is 0 Å². The van der Waals surface area contributed by atoms with E-state index in [1.807, 2.05) is 0 Å². The fourth-order valence-electron chi connectivity index (χ4n) is 3.08. The lowest BCUT2D eigenvalue weighted by Gasteiger charge is -2.17. The van der Waals surface area contributed by atoms with E-state index in [1.54, 1.807) is 30.3 Å². The Labute approximate surface area is 170 Å². The summed E-state index contributed by atoms with van der Waals surface area (Å²) >= 11 is 0. The Morgan fingerprint density at radius 3 is 2.45 bits per heavy atom. The van der Waals surface area contributed by atoms with Gasteiger partial charge in [0.1, 0.15) is 11.5 Å². The number of carboxylic acid groups (broad SMARTS) is 1. The van der Waals surface area contributed by atoms with Crippen LogP contribution >= 0.6 is 0 Å². The van der Waals surface area contributed by atoms with Crippen LogP contribution in [0.3, 0.4) is 0 Å². The van der Waals surface area contributed by atoms with Gasteiger partial charge in [-0.15, -0.1) is 0 Å². The van der Waals surface area contributed by atoms with E-state index in [2.05, 4.69) is 5.32 Å². The highest BCUT2D eigenvalue weighted by Crippen LogP contribution is 2.36. The number of hydrogen-bond donors (Lipinski definition) is 2. The van der Waals surface area contributed by atoms with Crippen LogP contribution in [0.1, 0.15) is 24.5 Å². The van der Waals surface area contributed by atoms with Gasteiger partial charge in [0.25, 0.3) is 0 Å². The molecule has 2 aromatic rings. The zero-order valence-corrected chi connectivity index (χ0v) is 17.5. The van der Waals surface area contributed by atoms with Gasteiger partial charge < -0.3 is 15.2 Å². The van der Waals surface area contributed by atoms with E-state index in [0.29, 0.717) is 41.0 Å². The third-order valence-electron chi connectivity index (χ3n) is 4.40. The molecule has 0 atom stereocenters. The highest BCUT2D eigenvalue weighted by Gasteiger charge is 2.20. The van der Waals surface area contributed by atoms with Gasteiger partial charge >= 0.3 is 5.97 Å². The molecule has 0 unspecified atom stereocenters. The van der Waals surface area contributed by atoms with Crippen LogP contribution in [-0.4, -0.2) is 45.2 Å². The summed E-state index contributed by atoms with van der Waals surface area (Å²) in [6.07, 6.45) is 1.33. The molecule has 0 saturated carbocycles. The fraction of sp³-hybridized carbons (Fsp3) is 0.333. The molecule has 0 heterocycles. The van der Waals surface area contributed by atoms with Gasteiger partial charge in [0.2, 0.25) is 0 Å². The van der Waals surface area contributed by atoms with Crippen LogP contribution < -0.4 is 10.1 Å². The summed E-state index contributed by atoms with van der Waals surface area (Å²) < 4.78 is 30.1. The summed E-state index contributed by atoms with van der Waals surface area (Å²) in [4.78, 5) is 22.5. The van der Waals surface area contributed by atoms with Gasteiger partial charge in [0.15, 0.2) is 9.84 Å². The lowest BCUT2D eigenvalue weighted by atomic mass is 9.96. The van der Waals surface area contributed by atoms with E-state index in [4.69, 9.17) is 9.84 Å². The Morgan fingerprint density at radius 1 is 1.14 bits per heavy atom. The van der Waals surface area contributed by atoms with Crippen molar-refractivity contribution in [2.45, 2.75) is 31.2 Å². The van der Waals surface area contributed by atoms with E-state index in [1.165, 1.54) is 20.1 Å². The minimum atomic E-state index is -3.51. The Morgan fingerprint density at radius 2 is 1.86 bits per heavy atom. The maximum atomic E-state index is 12.4. The molecule has 156 valence electrons. The predicted octanol–water partition coefficient (Wildman–Crippen LogP) is 2.46. The molecule has 0 aliphatic carbocycles. The number of rotatable bonds is 10. The van der Waals surface area contributed by atoms with E-state index in [-0.39, 0.29) is 23.6 Å². The van der Waals surface area contributed by atoms with E-state index >= 15 is 0 Å². The average Bonchev–Trinajstić information content (AvgIpc) is 2.63. The summed E-state index contributed by atoms with van der Waals surface area (Å²) in [6, 6.07) is 10.0. The highest BCUT2D eigenvalue weighted by molar-refractivity contribution is 7.90. The van der Waals surface area contributed by atoms with Crippen LogP contribution in [0, 0.1) is 0 Å². The van der Waals surface area contributed by atoms with Gasteiger partial charge in [-0.05, 0) is 41.8 Å². The molecule has 0 amide bonds. The summed E-state index contributed by atoms with van der Waals surface area (Å²) in [7, 11) is -2.01. The topological polar surface area (TPSA) is 110 Å². The van der Waals surface area contributed by atoms with Crippen molar-refractivity contribution in [2.24, 2.45) is 0 Å². The molecular formula is C21H25NO6S. The zero-order chi connectivity index (χ0) is 21.6. The van der Waals surface area contributed by atoms with Crippen LogP contribution in [0.4, 0.5) is 0 Å². The molecule has 0 spiro atoms. The number of ketones is 1. The standard InChI is InChI=1S/C21H25NO6S/c1-14(23)9-10-22-13-18-16(5-4-6-20(18)29(3,26)27)17-11-15(12-21(24)25)7-8-19(17)28-2/h4-8,11,22H,9-10,12-13H2,1-3H3,(H,24,25). The third kappa shape index (κ3) is 6.13. The van der Waals surface area contributed by atoms with Gasteiger partial charge in [-0.1, -0.05) is 18.2 Å². The van der Waals surface area contributed by atoms with E-state index in [0.717, 1.165) is 6.26 Å². The van der Waals surface area contributed by atoms with Crippen molar-refractivity contribution < 1.29 is 27.9 Å². The zero-order valence-electron chi connectivity index (χ0n) is 16.7. The summed E-state index contributed by atoms with van der Waals surface area (Å²) in [6.45, 7) is 2.15. The van der Waals surface area contributed by atoms with Gasteiger partial charge in [-0.2, -0.15) is 0 Å². The first-order valence-electron chi connectivity index (χ1n) is 9.04. The van der Waals surface area contributed by atoms with Crippen molar-refractivity contribution in [3.05, 3.63) is 47.5 Å². The number of Topliss-reactive ketones (excluding diaryl/α,β-unsaturated/α-hetero) is 1. The molecule has 0 aliphatic rings. The summed E-state index contributed by atoms with van der Waals surface area (Å²) in [5.74, 6) is -0.413. The first kappa shape index (κ1) is 22.6. The van der Waals surface area contributed by atoms with Crippen molar-refractivity contribution >= 4 is 21.6 Å². The number of nitrogens with one attached hydrogen (secondary N) is 1. The number of hydrogen-bond acceptors (Lipinski definition) is 6. The van der Waals surface area contributed by atoms with Gasteiger partial charge in [-0.25, -0.2) is 8.42 Å². The highest BCUT2D eigenvalue weighted by atomic mass is 32.2. The first-order valence-corrected chi connectivity index (χ1v) is 10.9. The van der Waals surface area contributed by atoms with Crippen LogP contribution in [-0.2, 0) is 32.4 Å². The monoisotopic (exact) mass is 419 g/mol. The molecule has 8 heteroatoms. The van der Waals surface area contributed by atoms with Crippen LogP contribution in [0.5, 0.6) is 5.75 Å². The Bertz CT molecular complexity index is 1010. The fourth-order valence-corrected chi connectivity index (χ4v) is 4.03. The minimum absolute atomic E-state index is 0.0390. The molecule has 0 aromatic heterocycles. The molecule has 2 N–H and O–H groups in total. The van der Waals surface area contributed by atoms with Crippen molar-refractivity contribution in [2.75, 3.05) is 19.9 Å². The average molecular weight is 419 g/mol. The van der Waals surface area contributed by atoms with E-state index < -0.39 is 15.8 Å². The number of benzene rings is 2. The van der Waals surface area contributed by atoms with Crippen molar-refractivity contribution in [3.8, 4) is 16.9 Å². The predicted molar refractivity (Wildman–Crippen MR) is 110 cm³/mol. The number of carbonyl (C=O) groups excluding carboxylic acids is 1. The molecule has 2 aromatic carbocycles. The number of carbonyl (C=O) groups is 2. The molecule has 0 saturated heterocycles. The summed E-state index contributed by atoms with van der Waals surface area (Å²) in [5, 5.41) is 12.2. The van der Waals surface area contributed by atoms with Crippen LogP contribution in [0.25, 0.3) is 11.1 Å². The van der Waals surface area contributed by atoms with Crippen LogP contribution in [0.15, 0.2) is 41.3 Å². The molecule has 0 radical (unpaired) electrons. The van der Waals surface area contributed by atoms with Gasteiger partial charge in [-0.3, -0.25) is 9.59 Å². The molecule has 29 heavy (non-hydrogen) atoms.